The zero-order chi connectivity index (χ0) is 20.3. The minimum Gasteiger partial charge on any atom is -0.362 e. The molecule has 4 aromatic heterocycles. The van der Waals surface area contributed by atoms with E-state index >= 15 is 0 Å². The van der Waals surface area contributed by atoms with Crippen LogP contribution in [0.2, 0.25) is 0 Å². The van der Waals surface area contributed by atoms with E-state index in [-0.39, 0.29) is 6.04 Å². The number of imidazole rings is 1. The molecule has 6 heteroatoms. The molecule has 1 N–H and O–H groups in total. The molecule has 30 heavy (non-hydrogen) atoms. The van der Waals surface area contributed by atoms with Gasteiger partial charge in [-0.2, -0.15) is 0 Å². The Morgan fingerprint density at radius 3 is 2.50 bits per heavy atom. The van der Waals surface area contributed by atoms with Crippen LogP contribution in [0.25, 0.3) is 28.2 Å². The van der Waals surface area contributed by atoms with Gasteiger partial charge in [-0.15, -0.1) is 0 Å². The number of hydrogen-bond donors (Lipinski definition) is 1. The summed E-state index contributed by atoms with van der Waals surface area (Å²) in [6, 6.07) is 18.5. The average Bonchev–Trinajstić information content (AvgIpc) is 3.24. The van der Waals surface area contributed by atoms with Crippen LogP contribution in [0, 0.1) is 0 Å². The quantitative estimate of drug-likeness (QED) is 0.454. The highest BCUT2D eigenvalue weighted by Gasteiger charge is 2.11. The lowest BCUT2D eigenvalue weighted by Crippen LogP contribution is -2.08. The molecule has 146 valence electrons. The Hall–Kier alpha value is -4.06. The summed E-state index contributed by atoms with van der Waals surface area (Å²) >= 11 is 0. The molecule has 0 unspecified atom stereocenters. The maximum Gasteiger partial charge on any atom is 0.145 e. The monoisotopic (exact) mass is 392 g/mol. The molecule has 0 aliphatic carbocycles. The SMILES string of the molecule is C[C@H](Nc1cncc(-c2cnc3ccc(-c4ccncc4)cn23)n1)c1ccccc1. The second kappa shape index (κ2) is 7.75. The molecule has 4 heterocycles. The van der Waals surface area contributed by atoms with Crippen molar-refractivity contribution >= 4 is 11.5 Å². The van der Waals surface area contributed by atoms with Crippen LogP contribution in [0.1, 0.15) is 18.5 Å². The summed E-state index contributed by atoms with van der Waals surface area (Å²) in [6.07, 6.45) is 11.0. The van der Waals surface area contributed by atoms with Crippen molar-refractivity contribution in [2.45, 2.75) is 13.0 Å². The maximum atomic E-state index is 4.79. The zero-order valence-electron chi connectivity index (χ0n) is 16.5. The van der Waals surface area contributed by atoms with Crippen molar-refractivity contribution in [2.24, 2.45) is 0 Å². The molecule has 5 rings (SSSR count). The van der Waals surface area contributed by atoms with Crippen molar-refractivity contribution in [1.29, 1.82) is 0 Å². The summed E-state index contributed by atoms with van der Waals surface area (Å²) in [5, 5.41) is 3.44. The average molecular weight is 392 g/mol. The van der Waals surface area contributed by atoms with E-state index in [1.54, 1.807) is 24.8 Å². The Morgan fingerprint density at radius 1 is 0.833 bits per heavy atom. The third-order valence-electron chi connectivity index (χ3n) is 5.08. The van der Waals surface area contributed by atoms with Crippen LogP contribution in [0.15, 0.2) is 91.8 Å². The van der Waals surface area contributed by atoms with E-state index in [0.717, 1.165) is 34.0 Å². The number of rotatable bonds is 5. The molecular formula is C24H20N6. The van der Waals surface area contributed by atoms with E-state index in [9.17, 15) is 0 Å². The highest BCUT2D eigenvalue weighted by Crippen LogP contribution is 2.25. The van der Waals surface area contributed by atoms with Crippen molar-refractivity contribution < 1.29 is 0 Å². The van der Waals surface area contributed by atoms with Gasteiger partial charge in [-0.3, -0.25) is 14.4 Å². The van der Waals surface area contributed by atoms with Crippen LogP contribution in [-0.4, -0.2) is 24.3 Å². The predicted molar refractivity (Wildman–Crippen MR) is 118 cm³/mol. The van der Waals surface area contributed by atoms with Crippen LogP contribution in [0.3, 0.4) is 0 Å². The van der Waals surface area contributed by atoms with Gasteiger partial charge in [-0.1, -0.05) is 30.3 Å². The molecule has 0 radical (unpaired) electrons. The Bertz CT molecular complexity index is 1280. The second-order valence-electron chi connectivity index (χ2n) is 7.09. The van der Waals surface area contributed by atoms with Crippen LogP contribution in [0.4, 0.5) is 5.82 Å². The van der Waals surface area contributed by atoms with Crippen molar-refractivity contribution in [3.63, 3.8) is 0 Å². The van der Waals surface area contributed by atoms with E-state index in [0.29, 0.717) is 0 Å². The van der Waals surface area contributed by atoms with Gasteiger partial charge in [0.05, 0.1) is 24.3 Å². The fourth-order valence-corrected chi connectivity index (χ4v) is 3.49. The molecule has 6 nitrogen and oxygen atoms in total. The Balaban J connectivity index is 1.49. The number of hydrogen-bond acceptors (Lipinski definition) is 5. The Morgan fingerprint density at radius 2 is 1.67 bits per heavy atom. The van der Waals surface area contributed by atoms with Gasteiger partial charge >= 0.3 is 0 Å². The van der Waals surface area contributed by atoms with Gasteiger partial charge in [0.1, 0.15) is 17.2 Å². The molecule has 1 atom stereocenters. The molecule has 0 aliphatic heterocycles. The third kappa shape index (κ3) is 3.51. The zero-order valence-corrected chi connectivity index (χ0v) is 16.5. The molecule has 0 amide bonds. The van der Waals surface area contributed by atoms with Gasteiger partial charge in [-0.05, 0) is 47.9 Å². The number of nitrogens with zero attached hydrogens (tertiary/aromatic N) is 5. The fraction of sp³-hybridized carbons (Fsp3) is 0.0833. The van der Waals surface area contributed by atoms with Crippen LogP contribution in [0.5, 0.6) is 0 Å². The van der Waals surface area contributed by atoms with Gasteiger partial charge in [0.2, 0.25) is 0 Å². The first-order valence-electron chi connectivity index (χ1n) is 9.79. The standard InChI is InChI=1S/C24H20N6/c1-17(18-5-3-2-4-6-18)28-23-15-26-13-21(29-23)22-14-27-24-8-7-20(16-30(22)24)19-9-11-25-12-10-19/h2-17H,1H3,(H,28,29)/t17-/m0/s1. The van der Waals surface area contributed by atoms with Crippen molar-refractivity contribution in [1.82, 2.24) is 24.3 Å². The van der Waals surface area contributed by atoms with Crippen LogP contribution in [-0.2, 0) is 0 Å². The molecular weight excluding hydrogens is 372 g/mol. The number of anilines is 1. The molecule has 5 aromatic rings. The summed E-state index contributed by atoms with van der Waals surface area (Å²) in [6.45, 7) is 2.11. The van der Waals surface area contributed by atoms with Gasteiger partial charge in [-0.25, -0.2) is 9.97 Å². The first-order chi connectivity index (χ1) is 14.8. The van der Waals surface area contributed by atoms with Gasteiger partial charge in [0, 0.05) is 24.6 Å². The molecule has 0 saturated carbocycles. The minimum atomic E-state index is 0.122. The molecule has 0 fully saturated rings. The van der Waals surface area contributed by atoms with E-state index < -0.39 is 0 Å². The second-order valence-corrected chi connectivity index (χ2v) is 7.09. The van der Waals surface area contributed by atoms with E-state index in [2.05, 4.69) is 51.6 Å². The summed E-state index contributed by atoms with van der Waals surface area (Å²) in [4.78, 5) is 17.8. The van der Waals surface area contributed by atoms with Crippen LogP contribution < -0.4 is 5.32 Å². The van der Waals surface area contributed by atoms with E-state index in [1.165, 1.54) is 5.56 Å². The topological polar surface area (TPSA) is 68.0 Å². The Kier molecular flexibility index (Phi) is 4.65. The molecule has 0 bridgehead atoms. The maximum absolute atomic E-state index is 4.79. The number of pyridine rings is 2. The number of fused-ring (bicyclic) bond motifs is 1. The molecule has 0 spiro atoms. The summed E-state index contributed by atoms with van der Waals surface area (Å²) in [7, 11) is 0. The van der Waals surface area contributed by atoms with Gasteiger partial charge in [0.15, 0.2) is 0 Å². The lowest BCUT2D eigenvalue weighted by molar-refractivity contribution is 0.871. The number of benzene rings is 1. The summed E-state index contributed by atoms with van der Waals surface area (Å²) in [5.74, 6) is 0.726. The third-order valence-corrected chi connectivity index (χ3v) is 5.08. The highest BCUT2D eigenvalue weighted by molar-refractivity contribution is 5.67. The molecule has 0 saturated heterocycles. The smallest absolute Gasteiger partial charge is 0.145 e. The lowest BCUT2D eigenvalue weighted by Gasteiger charge is -2.15. The number of nitrogens with one attached hydrogen (secondary N) is 1. The Labute approximate surface area is 174 Å². The first kappa shape index (κ1) is 18.0. The van der Waals surface area contributed by atoms with E-state index in [1.807, 2.05) is 47.0 Å². The summed E-state index contributed by atoms with van der Waals surface area (Å²) in [5.41, 5.74) is 5.90. The fourth-order valence-electron chi connectivity index (χ4n) is 3.49. The summed E-state index contributed by atoms with van der Waals surface area (Å²) < 4.78 is 2.05. The van der Waals surface area contributed by atoms with E-state index in [4.69, 9.17) is 4.98 Å². The van der Waals surface area contributed by atoms with Crippen molar-refractivity contribution in [3.05, 3.63) is 97.3 Å². The van der Waals surface area contributed by atoms with Crippen LogP contribution >= 0.6 is 0 Å². The minimum absolute atomic E-state index is 0.122. The molecule has 0 aliphatic rings. The predicted octanol–water partition coefficient (Wildman–Crippen LogP) is 5.03. The largest absolute Gasteiger partial charge is 0.362 e. The molecule has 1 aromatic carbocycles. The number of aromatic nitrogens is 5. The lowest BCUT2D eigenvalue weighted by atomic mass is 10.1. The van der Waals surface area contributed by atoms with Crippen molar-refractivity contribution in [2.75, 3.05) is 5.32 Å². The highest BCUT2D eigenvalue weighted by atomic mass is 15.1. The van der Waals surface area contributed by atoms with Crippen molar-refractivity contribution in [3.8, 4) is 22.5 Å². The van der Waals surface area contributed by atoms with Gasteiger partial charge < -0.3 is 5.32 Å². The first-order valence-corrected chi connectivity index (χ1v) is 9.79. The van der Waals surface area contributed by atoms with Gasteiger partial charge in [0.25, 0.3) is 0 Å². The normalized spacial score (nSPS) is 12.0.